The Morgan fingerprint density at radius 3 is 2.16 bits per heavy atom. The Labute approximate surface area is 259 Å². The quantitative estimate of drug-likeness (QED) is 0.255. The fraction of sp³-hybridized carbons (Fsp3) is 0.565. The molecule has 3 fully saturated rings. The Hall–Kier alpha value is -2.77. The van der Waals surface area contributed by atoms with Crippen molar-refractivity contribution in [2.75, 3.05) is 31.3 Å². The van der Waals surface area contributed by atoms with Crippen molar-refractivity contribution >= 4 is 60.1 Å². The van der Waals surface area contributed by atoms with Crippen LogP contribution in [0, 0.1) is 5.92 Å². The summed E-state index contributed by atoms with van der Waals surface area (Å²) in [5.74, 6) is -0.112. The zero-order valence-corrected chi connectivity index (χ0v) is 26.4. The standard InChI is InChI=1S/C23H29FN10O8P2S/c1-10-16-11(39-22(10)33-8-31-14-18(25)27-6-29-20(14)33)3-4-37-44(36,45)42-17-13(24)12(5-38-43(2,35)41-16)40-23(17)34-9-32-15-19(26)28-7-30-21(15)34/h6-13,16-17,22-23H,3-5H2,1-2H3,(H,36,45)(H2,25,27,29)(H2,26,28,30)/t10-,11-,12-,13-,16+,17-,22-,23-,43+,44?/m1/s1. The van der Waals surface area contributed by atoms with Crippen molar-refractivity contribution in [3.63, 3.8) is 0 Å². The summed E-state index contributed by atoms with van der Waals surface area (Å²) in [4.78, 5) is 35.9. The van der Waals surface area contributed by atoms with E-state index in [0.717, 1.165) is 0 Å². The van der Waals surface area contributed by atoms with Crippen molar-refractivity contribution in [2.24, 2.45) is 5.92 Å². The lowest BCUT2D eigenvalue weighted by atomic mass is 10.0. The van der Waals surface area contributed by atoms with Gasteiger partial charge in [0.2, 0.25) is 0 Å². The van der Waals surface area contributed by atoms with Crippen molar-refractivity contribution in [3.8, 4) is 0 Å². The molecule has 0 amide bonds. The van der Waals surface area contributed by atoms with E-state index in [1.807, 2.05) is 6.92 Å². The number of rotatable bonds is 2. The number of imidazole rings is 2. The van der Waals surface area contributed by atoms with E-state index in [9.17, 15) is 9.46 Å². The fourth-order valence-electron chi connectivity index (χ4n) is 5.80. The molecule has 7 heterocycles. The van der Waals surface area contributed by atoms with Crippen LogP contribution in [0.4, 0.5) is 16.0 Å². The number of hydrogen-bond donors (Lipinski definition) is 3. The van der Waals surface area contributed by atoms with Gasteiger partial charge in [0.1, 0.15) is 48.2 Å². The highest BCUT2D eigenvalue weighted by Gasteiger charge is 2.52. The van der Waals surface area contributed by atoms with Crippen LogP contribution in [0.1, 0.15) is 25.8 Å². The summed E-state index contributed by atoms with van der Waals surface area (Å²) < 4.78 is 68.2. The highest BCUT2D eigenvalue weighted by molar-refractivity contribution is 8.07. The van der Waals surface area contributed by atoms with Gasteiger partial charge >= 0.3 is 14.3 Å². The van der Waals surface area contributed by atoms with E-state index < -0.39 is 69.9 Å². The topological polar surface area (TPSA) is 232 Å². The molecule has 0 saturated carbocycles. The van der Waals surface area contributed by atoms with E-state index in [4.69, 9.17) is 50.8 Å². The first-order valence-corrected chi connectivity index (χ1v) is 18.4. The lowest BCUT2D eigenvalue weighted by Crippen LogP contribution is -2.33. The van der Waals surface area contributed by atoms with Crippen LogP contribution in [-0.4, -0.2) is 94.4 Å². The van der Waals surface area contributed by atoms with E-state index in [-0.39, 0.29) is 35.8 Å². The average molecular weight is 687 g/mol. The molecule has 0 spiro atoms. The van der Waals surface area contributed by atoms with Gasteiger partial charge < -0.3 is 39.4 Å². The molecule has 242 valence electrons. The van der Waals surface area contributed by atoms with Gasteiger partial charge in [0.15, 0.2) is 35.3 Å². The number of nitrogens with zero attached hydrogens (tertiary/aromatic N) is 8. The molecule has 1 unspecified atom stereocenters. The van der Waals surface area contributed by atoms with Gasteiger partial charge in [0.05, 0.1) is 32.0 Å². The van der Waals surface area contributed by atoms with Gasteiger partial charge in [-0.1, -0.05) is 6.92 Å². The number of aromatic nitrogens is 8. The van der Waals surface area contributed by atoms with Crippen LogP contribution in [-0.2, 0) is 43.9 Å². The van der Waals surface area contributed by atoms with E-state index >= 15 is 4.39 Å². The monoisotopic (exact) mass is 686 g/mol. The summed E-state index contributed by atoms with van der Waals surface area (Å²) in [7, 11) is -3.84. The first-order chi connectivity index (χ1) is 21.4. The number of anilines is 2. The summed E-state index contributed by atoms with van der Waals surface area (Å²) in [6.07, 6.45) is -2.55. The van der Waals surface area contributed by atoms with Crippen molar-refractivity contribution in [1.29, 1.82) is 0 Å². The molecule has 3 aliphatic heterocycles. The third kappa shape index (κ3) is 5.62. The highest BCUT2D eigenvalue weighted by Crippen LogP contribution is 2.54. The molecule has 22 heteroatoms. The molecular formula is C23H29FN10O8P2S. The number of alkyl halides is 1. The van der Waals surface area contributed by atoms with Gasteiger partial charge in [-0.05, 0) is 11.8 Å². The van der Waals surface area contributed by atoms with Crippen LogP contribution in [0.5, 0.6) is 0 Å². The van der Waals surface area contributed by atoms with Crippen LogP contribution in [0.3, 0.4) is 0 Å². The molecule has 7 rings (SSSR count). The lowest BCUT2D eigenvalue weighted by Gasteiger charge is -2.28. The summed E-state index contributed by atoms with van der Waals surface area (Å²) in [6, 6.07) is 0. The Kier molecular flexibility index (Phi) is 7.88. The number of fused-ring (bicyclic) bond motifs is 5. The fourth-order valence-corrected chi connectivity index (χ4v) is 8.50. The molecule has 3 saturated heterocycles. The third-order valence-electron chi connectivity index (χ3n) is 7.93. The second-order valence-corrected chi connectivity index (χ2v) is 15.7. The maximum atomic E-state index is 16.0. The zero-order valence-electron chi connectivity index (χ0n) is 23.8. The molecule has 45 heavy (non-hydrogen) atoms. The lowest BCUT2D eigenvalue weighted by molar-refractivity contribution is -0.0462. The predicted molar refractivity (Wildman–Crippen MR) is 158 cm³/mol. The van der Waals surface area contributed by atoms with Gasteiger partial charge in [0.25, 0.3) is 0 Å². The van der Waals surface area contributed by atoms with Crippen LogP contribution in [0.15, 0.2) is 25.3 Å². The van der Waals surface area contributed by atoms with E-state index in [0.29, 0.717) is 11.2 Å². The number of nitrogen functional groups attached to an aromatic ring is 2. The highest BCUT2D eigenvalue weighted by atomic mass is 32.5. The summed E-state index contributed by atoms with van der Waals surface area (Å²) in [5.41, 5.74) is 13.2. The Morgan fingerprint density at radius 2 is 1.51 bits per heavy atom. The summed E-state index contributed by atoms with van der Waals surface area (Å²) in [5, 5.41) is 0. The Balaban J connectivity index is 1.17. The largest absolute Gasteiger partial charge is 0.382 e. The molecule has 0 aliphatic carbocycles. The van der Waals surface area contributed by atoms with Gasteiger partial charge in [-0.3, -0.25) is 18.2 Å². The predicted octanol–water partition coefficient (Wildman–Crippen LogP) is 1.85. The molecule has 0 aromatic carbocycles. The minimum Gasteiger partial charge on any atom is -0.382 e. The van der Waals surface area contributed by atoms with Gasteiger partial charge in [0, 0.05) is 19.0 Å². The normalized spacial score (nSPS) is 38.0. The van der Waals surface area contributed by atoms with Crippen molar-refractivity contribution in [1.82, 2.24) is 39.0 Å². The molecule has 4 aromatic heterocycles. The van der Waals surface area contributed by atoms with Crippen molar-refractivity contribution in [3.05, 3.63) is 25.3 Å². The summed E-state index contributed by atoms with van der Waals surface area (Å²) in [6.45, 7) is -1.57. The smallest absolute Gasteiger partial charge is 0.328 e. The van der Waals surface area contributed by atoms with Crippen LogP contribution in [0.25, 0.3) is 22.3 Å². The zero-order chi connectivity index (χ0) is 31.7. The maximum Gasteiger partial charge on any atom is 0.328 e. The molecule has 4 aromatic rings. The van der Waals surface area contributed by atoms with Gasteiger partial charge in [-0.2, -0.15) is 0 Å². The SMILES string of the molecule is C[C@@H]1[C@@H]2O[P@@](C)(=O)OC[C@H]3O[C@@H](n4cnc5c(N)ncnc54)[C@H](OP(O)(=S)OCC[C@H]2O[C@H]1n1cnc2c(N)ncnc21)[C@@H]3F. The van der Waals surface area contributed by atoms with Crippen molar-refractivity contribution in [2.45, 2.75) is 56.4 Å². The van der Waals surface area contributed by atoms with Crippen LogP contribution >= 0.6 is 14.3 Å². The minimum atomic E-state index is -4.05. The molecule has 18 nitrogen and oxygen atoms in total. The van der Waals surface area contributed by atoms with Crippen molar-refractivity contribution < 1.29 is 41.4 Å². The van der Waals surface area contributed by atoms with E-state index in [2.05, 4.69) is 29.9 Å². The first-order valence-electron chi connectivity index (χ1n) is 13.8. The number of ether oxygens (including phenoxy) is 2. The van der Waals surface area contributed by atoms with Gasteiger partial charge in [-0.25, -0.2) is 34.3 Å². The molecule has 2 bridgehead atoms. The second-order valence-electron chi connectivity index (χ2n) is 10.9. The third-order valence-corrected chi connectivity index (χ3v) is 10.8. The van der Waals surface area contributed by atoms with Crippen LogP contribution in [0.2, 0.25) is 0 Å². The molecule has 0 radical (unpaired) electrons. The molecular weight excluding hydrogens is 657 g/mol. The average Bonchev–Trinajstić information content (AvgIpc) is 3.74. The van der Waals surface area contributed by atoms with E-state index in [1.54, 1.807) is 4.57 Å². The number of halogens is 1. The molecule has 5 N–H and O–H groups in total. The number of nitrogens with two attached hydrogens (primary N) is 2. The molecule has 10 atom stereocenters. The summed E-state index contributed by atoms with van der Waals surface area (Å²) >= 11 is 5.27. The first kappa shape index (κ1) is 30.9. The minimum absolute atomic E-state index is 0.104. The second kappa shape index (κ2) is 11.5. The number of hydrogen-bond acceptors (Lipinski definition) is 16. The molecule has 3 aliphatic rings. The Bertz CT molecular complexity index is 1850. The van der Waals surface area contributed by atoms with Crippen LogP contribution < -0.4 is 11.5 Å². The Morgan fingerprint density at radius 1 is 0.911 bits per heavy atom. The maximum absolute atomic E-state index is 16.0. The van der Waals surface area contributed by atoms with E-state index in [1.165, 1.54) is 36.5 Å². The van der Waals surface area contributed by atoms with Gasteiger partial charge in [-0.15, -0.1) is 0 Å².